The minimum absolute atomic E-state index is 0.193. The van der Waals surface area contributed by atoms with E-state index in [0.29, 0.717) is 17.1 Å². The van der Waals surface area contributed by atoms with Gasteiger partial charge in [0.1, 0.15) is 12.4 Å². The molecule has 2 rings (SSSR count). The van der Waals surface area contributed by atoms with E-state index in [1.165, 1.54) is 0 Å². The van der Waals surface area contributed by atoms with Crippen molar-refractivity contribution in [2.45, 2.75) is 60.0 Å². The molecular weight excluding hydrogens is 380 g/mol. The van der Waals surface area contributed by atoms with Crippen LogP contribution in [0.4, 0.5) is 0 Å². The van der Waals surface area contributed by atoms with Crippen molar-refractivity contribution in [2.24, 2.45) is 10.8 Å². The summed E-state index contributed by atoms with van der Waals surface area (Å²) in [5, 5.41) is 0. The molecule has 2 aromatic rings. The number of hydrogen-bond donors (Lipinski definition) is 0. The zero-order valence-corrected chi connectivity index (χ0v) is 20.7. The van der Waals surface area contributed by atoms with Gasteiger partial charge in [0.25, 0.3) is 0 Å². The molecule has 0 saturated heterocycles. The largest absolute Gasteiger partial charge is 0.489 e. The molecule has 0 aromatic heterocycles. The average Bonchev–Trinajstić information content (AvgIpc) is 2.68. The molecular formula is C24H34O4Si. The van der Waals surface area contributed by atoms with E-state index in [1.54, 1.807) is 0 Å². The fraction of sp³-hybridized carbons (Fsp3) is 0.458. The molecule has 0 radical (unpaired) electrons. The molecule has 0 aliphatic rings. The highest BCUT2D eigenvalue weighted by Crippen LogP contribution is 2.56. The van der Waals surface area contributed by atoms with Gasteiger partial charge in [-0.05, 0) is 48.9 Å². The first-order chi connectivity index (χ1) is 13.6. The van der Waals surface area contributed by atoms with E-state index in [0.717, 1.165) is 23.3 Å². The molecule has 29 heavy (non-hydrogen) atoms. The van der Waals surface area contributed by atoms with Crippen LogP contribution in [0.15, 0.2) is 54.6 Å². The van der Waals surface area contributed by atoms with Gasteiger partial charge in [-0.25, -0.2) is 4.79 Å². The van der Waals surface area contributed by atoms with Crippen LogP contribution in [0.3, 0.4) is 0 Å². The number of ether oxygens (including phenoxy) is 1. The zero-order chi connectivity index (χ0) is 21.7. The van der Waals surface area contributed by atoms with E-state index in [-0.39, 0.29) is 11.4 Å². The van der Waals surface area contributed by atoms with Crippen LogP contribution in [0.25, 0.3) is 0 Å². The van der Waals surface area contributed by atoms with Gasteiger partial charge in [-0.2, -0.15) is 0 Å². The summed E-state index contributed by atoms with van der Waals surface area (Å²) in [6.45, 7) is 13.1. The lowest BCUT2D eigenvalue weighted by atomic mass is 9.49. The second-order valence-electron chi connectivity index (χ2n) is 8.97. The van der Waals surface area contributed by atoms with E-state index in [4.69, 9.17) is 14.2 Å². The van der Waals surface area contributed by atoms with Gasteiger partial charge in [0, 0.05) is 5.41 Å². The van der Waals surface area contributed by atoms with E-state index in [2.05, 4.69) is 39.8 Å². The fourth-order valence-corrected chi connectivity index (χ4v) is 4.99. The van der Waals surface area contributed by atoms with Crippen molar-refractivity contribution in [1.29, 1.82) is 0 Å². The molecule has 158 valence electrons. The quantitative estimate of drug-likeness (QED) is 0.355. The smallest absolute Gasteiger partial charge is 0.347 e. The minimum Gasteiger partial charge on any atom is -0.489 e. The van der Waals surface area contributed by atoms with Crippen molar-refractivity contribution in [1.82, 2.24) is 0 Å². The number of carbonyl (C=O) groups is 1. The van der Waals surface area contributed by atoms with Gasteiger partial charge in [0.15, 0.2) is 0 Å². The molecule has 0 aliphatic carbocycles. The third kappa shape index (κ3) is 4.56. The van der Waals surface area contributed by atoms with Crippen LogP contribution >= 0.6 is 0 Å². The van der Waals surface area contributed by atoms with Crippen LogP contribution in [0, 0.1) is 10.8 Å². The molecule has 0 N–H and O–H groups in total. The van der Waals surface area contributed by atoms with Crippen LogP contribution in [0.5, 0.6) is 5.75 Å². The molecule has 2 aromatic carbocycles. The van der Waals surface area contributed by atoms with Gasteiger partial charge in [-0.3, -0.25) is 4.58 Å². The van der Waals surface area contributed by atoms with Crippen molar-refractivity contribution in [3.05, 3.63) is 65.7 Å². The monoisotopic (exact) mass is 414 g/mol. The predicted molar refractivity (Wildman–Crippen MR) is 120 cm³/mol. The van der Waals surface area contributed by atoms with E-state index >= 15 is 0 Å². The number of carbonyl (C=O) groups excluding carboxylic acids is 1. The summed E-state index contributed by atoms with van der Waals surface area (Å²) in [5.74, 6) is 0.466. The van der Waals surface area contributed by atoms with Gasteiger partial charge < -0.3 is 9.62 Å². The Morgan fingerprint density at radius 2 is 1.52 bits per heavy atom. The van der Waals surface area contributed by atoms with Crippen molar-refractivity contribution >= 4 is 16.5 Å². The molecule has 1 atom stereocenters. The maximum Gasteiger partial charge on any atom is 0.347 e. The van der Waals surface area contributed by atoms with Crippen LogP contribution in [-0.2, 0) is 26.3 Å². The second-order valence-corrected chi connectivity index (χ2v) is 9.30. The Balaban J connectivity index is 2.38. The van der Waals surface area contributed by atoms with Crippen LogP contribution in [-0.4, -0.2) is 16.5 Å². The molecule has 0 bridgehead atoms. The zero-order valence-electron chi connectivity index (χ0n) is 18.7. The number of benzene rings is 2. The Bertz CT molecular complexity index is 794. The van der Waals surface area contributed by atoms with Gasteiger partial charge in [0.05, 0.1) is 5.41 Å². The molecule has 0 spiro atoms. The van der Waals surface area contributed by atoms with Crippen molar-refractivity contribution in [2.75, 3.05) is 0 Å². The van der Waals surface area contributed by atoms with Crippen LogP contribution in [0.2, 0.25) is 0 Å². The fourth-order valence-electron chi connectivity index (χ4n) is 4.84. The summed E-state index contributed by atoms with van der Waals surface area (Å²) in [5.41, 5.74) is 0.796. The molecule has 0 heterocycles. The molecule has 5 heteroatoms. The number of hydrogen-bond acceptors (Lipinski definition) is 4. The first-order valence-electron chi connectivity index (χ1n) is 10.1. The average molecular weight is 415 g/mol. The first kappa shape index (κ1) is 23.2. The Hall–Kier alpha value is -2.11. The molecule has 0 aliphatic heterocycles. The Morgan fingerprint density at radius 1 is 0.931 bits per heavy atom. The molecule has 1 unspecified atom stereocenters. The summed E-state index contributed by atoms with van der Waals surface area (Å²) < 4.78 is 10.8. The summed E-state index contributed by atoms with van der Waals surface area (Å²) >= 11 is 0. The maximum atomic E-state index is 12.9. The van der Waals surface area contributed by atoms with Crippen molar-refractivity contribution in [3.63, 3.8) is 0 Å². The van der Waals surface area contributed by atoms with Gasteiger partial charge in [-0.1, -0.05) is 70.2 Å². The minimum atomic E-state index is -0.781. The van der Waals surface area contributed by atoms with Gasteiger partial charge in [-0.15, -0.1) is 0 Å². The highest BCUT2D eigenvalue weighted by atomic mass is 28.2. The van der Waals surface area contributed by atoms with Crippen molar-refractivity contribution in [3.8, 4) is 5.75 Å². The molecule has 0 fully saturated rings. The predicted octanol–water partition coefficient (Wildman–Crippen LogP) is 4.74. The van der Waals surface area contributed by atoms with E-state index in [9.17, 15) is 4.79 Å². The molecule has 4 nitrogen and oxygen atoms in total. The summed E-state index contributed by atoms with van der Waals surface area (Å²) in [4.78, 5) is 17.9. The van der Waals surface area contributed by atoms with Crippen molar-refractivity contribution < 1.29 is 19.0 Å². The van der Waals surface area contributed by atoms with Crippen LogP contribution in [0.1, 0.15) is 59.1 Å². The van der Waals surface area contributed by atoms with E-state index < -0.39 is 10.8 Å². The lowest BCUT2D eigenvalue weighted by molar-refractivity contribution is -0.229. The summed E-state index contributed by atoms with van der Waals surface area (Å²) in [7, 11) is 0.347. The Morgan fingerprint density at radius 3 is 2.00 bits per heavy atom. The topological polar surface area (TPSA) is 44.8 Å². The van der Waals surface area contributed by atoms with Gasteiger partial charge in [0.2, 0.25) is 10.5 Å². The Labute approximate surface area is 178 Å². The first-order valence-corrected chi connectivity index (χ1v) is 10.9. The molecule has 0 amide bonds. The normalized spacial score (nSPS) is 14.3. The van der Waals surface area contributed by atoms with Crippen LogP contribution < -0.4 is 4.74 Å². The third-order valence-electron chi connectivity index (χ3n) is 6.14. The summed E-state index contributed by atoms with van der Waals surface area (Å²) in [6, 6.07) is 18.2. The highest BCUT2D eigenvalue weighted by Gasteiger charge is 2.57. The lowest BCUT2D eigenvalue weighted by Gasteiger charge is -2.53. The summed E-state index contributed by atoms with van der Waals surface area (Å²) in [6.07, 6.45) is 0.782. The van der Waals surface area contributed by atoms with E-state index in [1.807, 2.05) is 56.3 Å². The van der Waals surface area contributed by atoms with Gasteiger partial charge >= 0.3 is 5.97 Å². The molecule has 0 saturated carbocycles. The lowest BCUT2D eigenvalue weighted by Crippen LogP contribution is -2.55. The Kier molecular flexibility index (Phi) is 7.30. The maximum absolute atomic E-state index is 12.9. The second kappa shape index (κ2) is 9.14. The standard InChI is InChI=1S/C24H34O4Si/c1-7-24(22(2,3)4,23(5,6)21(25)27-28-29)19-13-15-20(16-14-19)26-17-18-11-9-8-10-12-18/h8-16H,7,17H2,1-6,29H3. The third-order valence-corrected chi connectivity index (χ3v) is 6.31. The highest BCUT2D eigenvalue weighted by molar-refractivity contribution is 5.98. The number of rotatable bonds is 8. The SMILES string of the molecule is CCC(c1ccc(OCc2ccccc2)cc1)(C(C)(C)C)C(C)(C)C(=O)OO[SiH3].